The Morgan fingerprint density at radius 2 is 2.47 bits per heavy atom. The standard InChI is InChI=1S/C13H22N2O2/c1-2-14-7-3-6-13-15-9-12(17-13)11-5-4-8-16-10-11/h9,11,14H,2-8,10H2,1H3. The Bertz CT molecular complexity index is 319. The Morgan fingerprint density at radius 1 is 1.53 bits per heavy atom. The molecule has 1 atom stereocenters. The maximum Gasteiger partial charge on any atom is 0.194 e. The molecule has 2 rings (SSSR count). The predicted molar refractivity (Wildman–Crippen MR) is 66.2 cm³/mol. The number of nitrogens with one attached hydrogen (secondary N) is 1. The van der Waals surface area contributed by atoms with Crippen molar-refractivity contribution in [3.63, 3.8) is 0 Å². The van der Waals surface area contributed by atoms with Crippen LogP contribution in [0.25, 0.3) is 0 Å². The number of nitrogens with zero attached hydrogens (tertiary/aromatic N) is 1. The topological polar surface area (TPSA) is 47.3 Å². The van der Waals surface area contributed by atoms with Crippen LogP contribution >= 0.6 is 0 Å². The van der Waals surface area contributed by atoms with Gasteiger partial charge in [0, 0.05) is 18.9 Å². The minimum Gasteiger partial charge on any atom is -0.445 e. The highest BCUT2D eigenvalue weighted by Gasteiger charge is 2.19. The normalized spacial score (nSPS) is 20.6. The number of hydrogen-bond acceptors (Lipinski definition) is 4. The molecule has 17 heavy (non-hydrogen) atoms. The van der Waals surface area contributed by atoms with E-state index in [1.807, 2.05) is 6.20 Å². The summed E-state index contributed by atoms with van der Waals surface area (Å²) < 4.78 is 11.2. The summed E-state index contributed by atoms with van der Waals surface area (Å²) >= 11 is 0. The molecule has 1 aliphatic rings. The fourth-order valence-corrected chi connectivity index (χ4v) is 2.14. The van der Waals surface area contributed by atoms with Crippen LogP contribution in [-0.4, -0.2) is 31.3 Å². The fraction of sp³-hybridized carbons (Fsp3) is 0.769. The number of oxazole rings is 1. The highest BCUT2D eigenvalue weighted by Crippen LogP contribution is 2.25. The minimum absolute atomic E-state index is 0.416. The Kier molecular flexibility index (Phi) is 5.01. The van der Waals surface area contributed by atoms with E-state index in [1.165, 1.54) is 0 Å². The van der Waals surface area contributed by atoms with E-state index in [0.29, 0.717) is 5.92 Å². The minimum atomic E-state index is 0.416. The summed E-state index contributed by atoms with van der Waals surface area (Å²) in [5.41, 5.74) is 0. The summed E-state index contributed by atoms with van der Waals surface area (Å²) in [5.74, 6) is 2.28. The molecule has 4 heteroatoms. The second-order valence-corrected chi connectivity index (χ2v) is 4.53. The lowest BCUT2D eigenvalue weighted by molar-refractivity contribution is 0.0738. The average Bonchev–Trinajstić information content (AvgIpc) is 2.85. The van der Waals surface area contributed by atoms with Gasteiger partial charge in [-0.3, -0.25) is 0 Å². The van der Waals surface area contributed by atoms with Gasteiger partial charge in [-0.25, -0.2) is 4.98 Å². The van der Waals surface area contributed by atoms with E-state index < -0.39 is 0 Å². The number of aryl methyl sites for hydroxylation is 1. The first-order valence-electron chi connectivity index (χ1n) is 6.63. The molecule has 1 N–H and O–H groups in total. The molecule has 1 aliphatic heterocycles. The molecule has 0 aliphatic carbocycles. The Labute approximate surface area is 103 Å². The molecular weight excluding hydrogens is 216 g/mol. The van der Waals surface area contributed by atoms with E-state index in [9.17, 15) is 0 Å². The number of rotatable bonds is 6. The molecule has 96 valence electrons. The molecule has 4 nitrogen and oxygen atoms in total. The van der Waals surface area contributed by atoms with E-state index in [2.05, 4.69) is 17.2 Å². The zero-order valence-corrected chi connectivity index (χ0v) is 10.6. The lowest BCUT2D eigenvalue weighted by Gasteiger charge is -2.19. The molecule has 0 amide bonds. The molecular formula is C13H22N2O2. The van der Waals surface area contributed by atoms with Crippen LogP contribution < -0.4 is 5.32 Å². The van der Waals surface area contributed by atoms with E-state index in [4.69, 9.17) is 9.15 Å². The van der Waals surface area contributed by atoms with Gasteiger partial charge in [-0.1, -0.05) is 6.92 Å². The largest absolute Gasteiger partial charge is 0.445 e. The zero-order chi connectivity index (χ0) is 11.9. The second kappa shape index (κ2) is 6.77. The number of hydrogen-bond donors (Lipinski definition) is 1. The van der Waals surface area contributed by atoms with Gasteiger partial charge in [-0.05, 0) is 32.4 Å². The number of ether oxygens (including phenoxy) is 1. The van der Waals surface area contributed by atoms with Gasteiger partial charge in [0.25, 0.3) is 0 Å². The van der Waals surface area contributed by atoms with Crippen molar-refractivity contribution in [2.24, 2.45) is 0 Å². The summed E-state index contributed by atoms with van der Waals surface area (Å²) in [6.07, 6.45) is 6.16. The van der Waals surface area contributed by atoms with Crippen molar-refractivity contribution in [2.75, 3.05) is 26.3 Å². The number of aromatic nitrogens is 1. The van der Waals surface area contributed by atoms with Crippen molar-refractivity contribution in [2.45, 2.75) is 38.5 Å². The van der Waals surface area contributed by atoms with Crippen LogP contribution in [0.5, 0.6) is 0 Å². The molecule has 1 unspecified atom stereocenters. The lowest BCUT2D eigenvalue weighted by Crippen LogP contribution is -2.15. The molecule has 1 aromatic heterocycles. The highest BCUT2D eigenvalue weighted by molar-refractivity contribution is 5.03. The van der Waals surface area contributed by atoms with Gasteiger partial charge in [0.15, 0.2) is 5.89 Å². The van der Waals surface area contributed by atoms with E-state index in [0.717, 1.165) is 63.6 Å². The van der Waals surface area contributed by atoms with Gasteiger partial charge in [0.1, 0.15) is 5.76 Å². The van der Waals surface area contributed by atoms with Gasteiger partial charge in [0.05, 0.1) is 12.8 Å². The molecule has 0 bridgehead atoms. The van der Waals surface area contributed by atoms with Crippen molar-refractivity contribution in [3.8, 4) is 0 Å². The first kappa shape index (κ1) is 12.6. The third-order valence-corrected chi connectivity index (χ3v) is 3.13. The Hall–Kier alpha value is -0.870. The molecule has 0 spiro atoms. The zero-order valence-electron chi connectivity index (χ0n) is 10.6. The average molecular weight is 238 g/mol. The summed E-state index contributed by atoms with van der Waals surface area (Å²) in [6.45, 7) is 5.84. The maximum absolute atomic E-state index is 5.78. The quantitative estimate of drug-likeness (QED) is 0.771. The highest BCUT2D eigenvalue weighted by atomic mass is 16.5. The van der Waals surface area contributed by atoms with Crippen LogP contribution in [-0.2, 0) is 11.2 Å². The van der Waals surface area contributed by atoms with E-state index in [1.54, 1.807) is 0 Å². The maximum atomic E-state index is 5.78. The van der Waals surface area contributed by atoms with E-state index >= 15 is 0 Å². The summed E-state index contributed by atoms with van der Waals surface area (Å²) in [6, 6.07) is 0. The smallest absolute Gasteiger partial charge is 0.194 e. The fourth-order valence-electron chi connectivity index (χ4n) is 2.14. The van der Waals surface area contributed by atoms with Crippen LogP contribution in [0.1, 0.15) is 43.8 Å². The van der Waals surface area contributed by atoms with Crippen LogP contribution in [0.4, 0.5) is 0 Å². The van der Waals surface area contributed by atoms with Gasteiger partial charge >= 0.3 is 0 Å². The van der Waals surface area contributed by atoms with Gasteiger partial charge in [-0.15, -0.1) is 0 Å². The van der Waals surface area contributed by atoms with E-state index in [-0.39, 0.29) is 0 Å². The van der Waals surface area contributed by atoms with Crippen LogP contribution in [0.15, 0.2) is 10.6 Å². The third kappa shape index (κ3) is 3.82. The van der Waals surface area contributed by atoms with Gasteiger partial charge in [-0.2, -0.15) is 0 Å². The summed E-state index contributed by atoms with van der Waals surface area (Å²) in [4.78, 5) is 4.34. The van der Waals surface area contributed by atoms with Crippen LogP contribution in [0, 0.1) is 0 Å². The second-order valence-electron chi connectivity index (χ2n) is 4.53. The van der Waals surface area contributed by atoms with Gasteiger partial charge in [0.2, 0.25) is 0 Å². The molecule has 1 aromatic rings. The first-order chi connectivity index (χ1) is 8.40. The summed E-state index contributed by atoms with van der Waals surface area (Å²) in [7, 11) is 0. The molecule has 1 saturated heterocycles. The molecule has 0 saturated carbocycles. The molecule has 2 heterocycles. The first-order valence-corrected chi connectivity index (χ1v) is 6.63. The van der Waals surface area contributed by atoms with Crippen molar-refractivity contribution >= 4 is 0 Å². The van der Waals surface area contributed by atoms with Crippen molar-refractivity contribution < 1.29 is 9.15 Å². The lowest BCUT2D eigenvalue weighted by atomic mass is 10.0. The SMILES string of the molecule is CCNCCCc1ncc(C2CCCOC2)o1. The van der Waals surface area contributed by atoms with Crippen molar-refractivity contribution in [1.29, 1.82) is 0 Å². The van der Waals surface area contributed by atoms with Gasteiger partial charge < -0.3 is 14.5 Å². The Morgan fingerprint density at radius 3 is 3.24 bits per heavy atom. The van der Waals surface area contributed by atoms with Crippen LogP contribution in [0.2, 0.25) is 0 Å². The van der Waals surface area contributed by atoms with Crippen LogP contribution in [0.3, 0.4) is 0 Å². The Balaban J connectivity index is 1.78. The molecule has 0 radical (unpaired) electrons. The molecule has 1 fully saturated rings. The van der Waals surface area contributed by atoms with Crippen molar-refractivity contribution in [1.82, 2.24) is 10.3 Å². The summed E-state index contributed by atoms with van der Waals surface area (Å²) in [5, 5.41) is 3.30. The molecule has 0 aromatic carbocycles. The van der Waals surface area contributed by atoms with Crippen molar-refractivity contribution in [3.05, 3.63) is 17.8 Å². The monoisotopic (exact) mass is 238 g/mol. The predicted octanol–water partition coefficient (Wildman–Crippen LogP) is 2.11. The third-order valence-electron chi connectivity index (χ3n) is 3.13.